The number of hydrogen-bond acceptors (Lipinski definition) is 2. The summed E-state index contributed by atoms with van der Waals surface area (Å²) in [5, 5.41) is 2.09. The molecule has 2 nitrogen and oxygen atoms in total. The molecule has 1 unspecified atom stereocenters. The van der Waals surface area contributed by atoms with Gasteiger partial charge >= 0.3 is 0 Å². The highest BCUT2D eigenvalue weighted by atomic mass is 35.5. The van der Waals surface area contributed by atoms with Gasteiger partial charge < -0.3 is 0 Å². The van der Waals surface area contributed by atoms with Crippen molar-refractivity contribution in [3.05, 3.63) is 69.6 Å². The van der Waals surface area contributed by atoms with Crippen molar-refractivity contribution in [2.75, 3.05) is 0 Å². The molecule has 0 aliphatic heterocycles. The molecule has 0 radical (unpaired) electrons. The fraction of sp³-hybridized carbons (Fsp3) is 0.300. The van der Waals surface area contributed by atoms with Crippen LogP contribution in [-0.2, 0) is 6.42 Å². The third-order valence-corrected chi connectivity index (χ3v) is 4.68. The first-order chi connectivity index (χ1) is 11.4. The lowest BCUT2D eigenvalue weighted by Gasteiger charge is -2.16. The highest BCUT2D eigenvalue weighted by molar-refractivity contribution is 6.32. The van der Waals surface area contributed by atoms with Crippen LogP contribution in [0.4, 0.5) is 0 Å². The monoisotopic (exact) mass is 358 g/mol. The molecule has 3 aromatic rings. The van der Waals surface area contributed by atoms with Crippen LogP contribution in [0.2, 0.25) is 10.3 Å². The van der Waals surface area contributed by atoms with Gasteiger partial charge in [-0.05, 0) is 53.6 Å². The molecule has 1 atom stereocenters. The Kier molecular flexibility index (Phi) is 5.07. The van der Waals surface area contributed by atoms with Gasteiger partial charge in [-0.3, -0.25) is 4.98 Å². The van der Waals surface area contributed by atoms with Gasteiger partial charge in [0, 0.05) is 11.1 Å². The first-order valence-electron chi connectivity index (χ1n) is 8.15. The second-order valence-electron chi connectivity index (χ2n) is 6.53. The number of hydrogen-bond donors (Lipinski definition) is 0. The first kappa shape index (κ1) is 17.2. The van der Waals surface area contributed by atoms with E-state index in [-0.39, 0.29) is 5.92 Å². The molecule has 124 valence electrons. The zero-order valence-electron chi connectivity index (χ0n) is 14.1. The number of aromatic nitrogens is 2. The average Bonchev–Trinajstić information content (AvgIpc) is 2.53. The summed E-state index contributed by atoms with van der Waals surface area (Å²) in [7, 11) is 0. The van der Waals surface area contributed by atoms with Crippen LogP contribution in [0.15, 0.2) is 42.5 Å². The predicted molar refractivity (Wildman–Crippen MR) is 102 cm³/mol. The van der Waals surface area contributed by atoms with E-state index in [4.69, 9.17) is 28.2 Å². The molecule has 0 aliphatic carbocycles. The topological polar surface area (TPSA) is 25.8 Å². The van der Waals surface area contributed by atoms with Crippen LogP contribution in [0.5, 0.6) is 0 Å². The molecule has 0 spiro atoms. The number of fused-ring (bicyclic) bond motifs is 1. The minimum atomic E-state index is 0.261. The third kappa shape index (κ3) is 3.71. The molecule has 2 heterocycles. The molecule has 3 rings (SSSR count). The average molecular weight is 359 g/mol. The van der Waals surface area contributed by atoms with Crippen molar-refractivity contribution in [2.45, 2.75) is 39.0 Å². The highest BCUT2D eigenvalue weighted by Crippen LogP contribution is 2.29. The Morgan fingerprint density at radius 1 is 0.917 bits per heavy atom. The fourth-order valence-corrected chi connectivity index (χ4v) is 3.52. The zero-order chi connectivity index (χ0) is 17.3. The standard InChI is InChI=1S/C20H20Cl2N2/c1-12(2)17-11-15(23-18-7-5-4-6-16(17)18)8-13(3)14-9-19(21)24-20(22)10-14/h4-7,9-13H,8H2,1-3H3. The summed E-state index contributed by atoms with van der Waals surface area (Å²) in [4.78, 5) is 8.86. The Morgan fingerprint density at radius 3 is 2.25 bits per heavy atom. The highest BCUT2D eigenvalue weighted by Gasteiger charge is 2.13. The lowest BCUT2D eigenvalue weighted by atomic mass is 9.93. The van der Waals surface area contributed by atoms with Crippen LogP contribution in [0.25, 0.3) is 10.9 Å². The van der Waals surface area contributed by atoms with E-state index in [1.165, 1.54) is 10.9 Å². The van der Waals surface area contributed by atoms with E-state index in [1.807, 2.05) is 18.2 Å². The normalized spacial score (nSPS) is 12.8. The Bertz CT molecular complexity index is 854. The minimum Gasteiger partial charge on any atom is -0.253 e. The van der Waals surface area contributed by atoms with Crippen LogP contribution in [-0.4, -0.2) is 9.97 Å². The molecule has 0 saturated carbocycles. The van der Waals surface area contributed by atoms with E-state index in [0.29, 0.717) is 16.2 Å². The number of para-hydroxylation sites is 1. The fourth-order valence-electron chi connectivity index (χ4n) is 3.04. The van der Waals surface area contributed by atoms with Crippen molar-refractivity contribution in [3.8, 4) is 0 Å². The summed E-state index contributed by atoms with van der Waals surface area (Å²) in [6, 6.07) is 14.3. The Hall–Kier alpha value is -1.64. The molecule has 0 N–H and O–H groups in total. The molecule has 4 heteroatoms. The van der Waals surface area contributed by atoms with Crippen LogP contribution < -0.4 is 0 Å². The maximum absolute atomic E-state index is 6.03. The van der Waals surface area contributed by atoms with Crippen LogP contribution in [0.3, 0.4) is 0 Å². The van der Waals surface area contributed by atoms with E-state index in [1.54, 1.807) is 0 Å². The second-order valence-corrected chi connectivity index (χ2v) is 7.30. The van der Waals surface area contributed by atoms with Crippen LogP contribution >= 0.6 is 23.2 Å². The molecule has 1 aromatic carbocycles. The van der Waals surface area contributed by atoms with Crippen LogP contribution in [0, 0.1) is 0 Å². The van der Waals surface area contributed by atoms with Crippen molar-refractivity contribution in [2.24, 2.45) is 0 Å². The van der Waals surface area contributed by atoms with Gasteiger partial charge in [-0.15, -0.1) is 0 Å². The second kappa shape index (κ2) is 7.08. The van der Waals surface area contributed by atoms with Crippen molar-refractivity contribution in [1.82, 2.24) is 9.97 Å². The number of nitrogens with zero attached hydrogens (tertiary/aromatic N) is 2. The van der Waals surface area contributed by atoms with Gasteiger partial charge in [-0.25, -0.2) is 4.98 Å². The van der Waals surface area contributed by atoms with Gasteiger partial charge in [-0.1, -0.05) is 62.2 Å². The Morgan fingerprint density at radius 2 is 1.58 bits per heavy atom. The van der Waals surface area contributed by atoms with E-state index < -0.39 is 0 Å². The summed E-state index contributed by atoms with van der Waals surface area (Å²) >= 11 is 12.1. The van der Waals surface area contributed by atoms with Gasteiger partial charge in [0.25, 0.3) is 0 Å². The Labute approximate surface area is 152 Å². The predicted octanol–water partition coefficient (Wildman–Crippen LogP) is 6.41. The molecule has 0 fully saturated rings. The molecule has 0 aliphatic rings. The summed E-state index contributed by atoms with van der Waals surface area (Å²) in [5.41, 5.74) is 4.57. The van der Waals surface area contributed by atoms with Gasteiger partial charge in [0.05, 0.1) is 5.52 Å². The number of rotatable bonds is 4. The first-order valence-corrected chi connectivity index (χ1v) is 8.91. The van der Waals surface area contributed by atoms with E-state index >= 15 is 0 Å². The SMILES string of the molecule is CC(C)c1cc(CC(C)c2cc(Cl)nc(Cl)c2)nc2ccccc12. The molecule has 2 aromatic heterocycles. The quantitative estimate of drug-likeness (QED) is 0.503. The maximum atomic E-state index is 6.03. The molecule has 0 bridgehead atoms. The third-order valence-electron chi connectivity index (χ3n) is 4.29. The van der Waals surface area contributed by atoms with Gasteiger partial charge in [0.15, 0.2) is 0 Å². The lowest BCUT2D eigenvalue weighted by molar-refractivity contribution is 0.738. The van der Waals surface area contributed by atoms with E-state index in [9.17, 15) is 0 Å². The van der Waals surface area contributed by atoms with Gasteiger partial charge in [-0.2, -0.15) is 0 Å². The number of benzene rings is 1. The summed E-state index contributed by atoms with van der Waals surface area (Å²) in [5.74, 6) is 0.716. The zero-order valence-corrected chi connectivity index (χ0v) is 15.6. The van der Waals surface area contributed by atoms with E-state index in [0.717, 1.165) is 23.2 Å². The van der Waals surface area contributed by atoms with Crippen molar-refractivity contribution >= 4 is 34.1 Å². The molecule has 24 heavy (non-hydrogen) atoms. The van der Waals surface area contributed by atoms with Crippen molar-refractivity contribution in [3.63, 3.8) is 0 Å². The number of halogens is 2. The summed E-state index contributed by atoms with van der Waals surface area (Å²) in [6.45, 7) is 6.60. The van der Waals surface area contributed by atoms with E-state index in [2.05, 4.69) is 50.0 Å². The molecule has 0 amide bonds. The summed E-state index contributed by atoms with van der Waals surface area (Å²) in [6.07, 6.45) is 0.835. The molecular formula is C20H20Cl2N2. The largest absolute Gasteiger partial charge is 0.253 e. The van der Waals surface area contributed by atoms with Gasteiger partial charge in [0.1, 0.15) is 10.3 Å². The van der Waals surface area contributed by atoms with Crippen molar-refractivity contribution < 1.29 is 0 Å². The number of pyridine rings is 2. The maximum Gasteiger partial charge on any atom is 0.131 e. The molecule has 0 saturated heterocycles. The van der Waals surface area contributed by atoms with Crippen LogP contribution in [0.1, 0.15) is 49.4 Å². The molecular weight excluding hydrogens is 339 g/mol. The smallest absolute Gasteiger partial charge is 0.131 e. The summed E-state index contributed by atoms with van der Waals surface area (Å²) < 4.78 is 0. The van der Waals surface area contributed by atoms with Gasteiger partial charge in [0.2, 0.25) is 0 Å². The Balaban J connectivity index is 1.97. The van der Waals surface area contributed by atoms with Crippen molar-refractivity contribution in [1.29, 1.82) is 0 Å². The minimum absolute atomic E-state index is 0.261. The lowest BCUT2D eigenvalue weighted by Crippen LogP contribution is -2.03.